The molecule has 0 radical (unpaired) electrons. The molecule has 1 heterocycles. The van der Waals surface area contributed by atoms with E-state index in [9.17, 15) is 4.79 Å². The number of benzene rings is 1. The van der Waals surface area contributed by atoms with Gasteiger partial charge >= 0.3 is 0 Å². The lowest BCUT2D eigenvalue weighted by molar-refractivity contribution is -0.126. The number of likely N-dealkylation sites (tertiary alicyclic amines) is 1. The third kappa shape index (κ3) is 4.15. The molecule has 82 valence electrons. The minimum atomic E-state index is 0.292. The topological polar surface area (TPSA) is 20.3 Å². The van der Waals surface area contributed by atoms with Gasteiger partial charge in [0.05, 0.1) is 0 Å². The van der Waals surface area contributed by atoms with Crippen LogP contribution in [0.2, 0.25) is 0 Å². The van der Waals surface area contributed by atoms with Crippen molar-refractivity contribution < 1.29 is 4.79 Å². The van der Waals surface area contributed by atoms with E-state index < -0.39 is 0 Å². The monoisotopic (exact) mass is 205 g/mol. The number of rotatable bonds is 1. The molecule has 0 N–H and O–H groups in total. The average molecular weight is 205 g/mol. The molecule has 1 aliphatic rings. The maximum Gasteiger partial charge on any atom is 0.222 e. The van der Waals surface area contributed by atoms with Crippen molar-refractivity contribution in [3.63, 3.8) is 0 Å². The molecular weight excluding hydrogens is 186 g/mol. The van der Waals surface area contributed by atoms with Crippen LogP contribution in [0.15, 0.2) is 30.3 Å². The summed E-state index contributed by atoms with van der Waals surface area (Å²) in [4.78, 5) is 12.3. The smallest absolute Gasteiger partial charge is 0.222 e. The van der Waals surface area contributed by atoms with Crippen LogP contribution in [-0.4, -0.2) is 24.4 Å². The highest BCUT2D eigenvalue weighted by molar-refractivity contribution is 5.77. The van der Waals surface area contributed by atoms with Gasteiger partial charge in [0.25, 0.3) is 0 Å². The van der Waals surface area contributed by atoms with E-state index in [1.807, 2.05) is 13.1 Å². The summed E-state index contributed by atoms with van der Waals surface area (Å²) in [5.74, 6) is 0.292. The van der Waals surface area contributed by atoms with Gasteiger partial charge in [-0.1, -0.05) is 37.3 Å². The molecule has 2 heteroatoms. The first-order valence-electron chi connectivity index (χ1n) is 5.52. The highest BCUT2D eigenvalue weighted by Gasteiger charge is 2.14. The third-order valence-electron chi connectivity index (χ3n) is 2.56. The zero-order valence-electron chi connectivity index (χ0n) is 9.57. The largest absolute Gasteiger partial charge is 0.346 e. The fourth-order valence-electron chi connectivity index (χ4n) is 1.50. The zero-order valence-corrected chi connectivity index (χ0v) is 9.57. The number of hydrogen-bond donors (Lipinski definition) is 0. The van der Waals surface area contributed by atoms with Crippen molar-refractivity contribution in [1.82, 2.24) is 4.90 Å². The number of aryl methyl sites for hydroxylation is 1. The lowest BCUT2D eigenvalue weighted by Crippen LogP contribution is -2.17. The Morgan fingerprint density at radius 3 is 2.20 bits per heavy atom. The van der Waals surface area contributed by atoms with Crippen molar-refractivity contribution in [3.8, 4) is 0 Å². The van der Waals surface area contributed by atoms with E-state index in [2.05, 4.69) is 31.2 Å². The van der Waals surface area contributed by atoms with Gasteiger partial charge in [-0.2, -0.15) is 0 Å². The van der Waals surface area contributed by atoms with Crippen LogP contribution < -0.4 is 0 Å². The van der Waals surface area contributed by atoms with E-state index in [-0.39, 0.29) is 0 Å². The molecule has 1 aromatic rings. The summed E-state index contributed by atoms with van der Waals surface area (Å²) >= 11 is 0. The highest BCUT2D eigenvalue weighted by Crippen LogP contribution is 2.04. The standard InChI is InChI=1S/C8H10.C5H9NO/c1-2-8-6-4-3-5-7-8;1-6-4-2-3-5(6)7/h3-7H,2H2,1H3;2-4H2,1H3. The van der Waals surface area contributed by atoms with Crippen molar-refractivity contribution in [2.75, 3.05) is 13.6 Å². The van der Waals surface area contributed by atoms with Gasteiger partial charge in [0.15, 0.2) is 0 Å². The molecule has 0 unspecified atom stereocenters. The Balaban J connectivity index is 0.000000151. The van der Waals surface area contributed by atoms with Crippen LogP contribution in [0.4, 0.5) is 0 Å². The van der Waals surface area contributed by atoms with Gasteiger partial charge in [0, 0.05) is 20.0 Å². The second-order valence-electron chi connectivity index (χ2n) is 3.76. The molecule has 1 fully saturated rings. The molecule has 1 aromatic carbocycles. The van der Waals surface area contributed by atoms with Crippen molar-refractivity contribution in [3.05, 3.63) is 35.9 Å². The number of carbonyl (C=O) groups is 1. The van der Waals surface area contributed by atoms with E-state index in [1.54, 1.807) is 4.90 Å². The zero-order chi connectivity index (χ0) is 11.1. The Kier molecular flexibility index (Phi) is 4.88. The van der Waals surface area contributed by atoms with Gasteiger partial charge in [-0.3, -0.25) is 4.79 Å². The fourth-order valence-corrected chi connectivity index (χ4v) is 1.50. The van der Waals surface area contributed by atoms with Crippen molar-refractivity contribution in [2.24, 2.45) is 0 Å². The van der Waals surface area contributed by atoms with Gasteiger partial charge < -0.3 is 4.90 Å². The molecule has 0 aromatic heterocycles. The van der Waals surface area contributed by atoms with Gasteiger partial charge in [0.1, 0.15) is 0 Å². The molecule has 2 nitrogen and oxygen atoms in total. The molecule has 1 amide bonds. The minimum absolute atomic E-state index is 0.292. The normalized spacial score (nSPS) is 14.8. The predicted molar refractivity (Wildman–Crippen MR) is 62.7 cm³/mol. The van der Waals surface area contributed by atoms with Crippen molar-refractivity contribution in [2.45, 2.75) is 26.2 Å². The Bertz CT molecular complexity index is 295. The van der Waals surface area contributed by atoms with Crippen molar-refractivity contribution >= 4 is 5.91 Å². The van der Waals surface area contributed by atoms with Crippen LogP contribution in [0.1, 0.15) is 25.3 Å². The number of amides is 1. The third-order valence-corrected chi connectivity index (χ3v) is 2.56. The van der Waals surface area contributed by atoms with E-state index in [0.717, 1.165) is 25.8 Å². The minimum Gasteiger partial charge on any atom is -0.346 e. The molecule has 1 saturated heterocycles. The lowest BCUT2D eigenvalue weighted by atomic mass is 10.2. The van der Waals surface area contributed by atoms with E-state index in [1.165, 1.54) is 5.56 Å². The maximum atomic E-state index is 10.5. The SMILES string of the molecule is CCc1ccccc1.CN1CCCC1=O. The summed E-state index contributed by atoms with van der Waals surface area (Å²) < 4.78 is 0. The molecule has 0 saturated carbocycles. The van der Waals surface area contributed by atoms with Gasteiger partial charge in [-0.15, -0.1) is 0 Å². The predicted octanol–water partition coefficient (Wildman–Crippen LogP) is 2.49. The Labute approximate surface area is 91.9 Å². The van der Waals surface area contributed by atoms with Gasteiger partial charge in [-0.05, 0) is 18.4 Å². The molecule has 15 heavy (non-hydrogen) atoms. The maximum absolute atomic E-state index is 10.5. The number of hydrogen-bond acceptors (Lipinski definition) is 1. The van der Waals surface area contributed by atoms with Crippen LogP contribution in [0.25, 0.3) is 0 Å². The molecule has 0 atom stereocenters. The van der Waals surface area contributed by atoms with E-state index in [4.69, 9.17) is 0 Å². The fraction of sp³-hybridized carbons (Fsp3) is 0.462. The number of nitrogens with zero attached hydrogens (tertiary/aromatic N) is 1. The summed E-state index contributed by atoms with van der Waals surface area (Å²) in [6, 6.07) is 10.5. The highest BCUT2D eigenvalue weighted by atomic mass is 16.2. The van der Waals surface area contributed by atoms with Crippen LogP contribution in [-0.2, 0) is 11.2 Å². The average Bonchev–Trinajstić information content (AvgIpc) is 2.65. The molecule has 2 rings (SSSR count). The van der Waals surface area contributed by atoms with E-state index in [0.29, 0.717) is 5.91 Å². The summed E-state index contributed by atoms with van der Waals surface area (Å²) in [6.07, 6.45) is 2.95. The summed E-state index contributed by atoms with van der Waals surface area (Å²) in [5, 5.41) is 0. The molecule has 0 aliphatic carbocycles. The first-order valence-corrected chi connectivity index (χ1v) is 5.52. The second-order valence-corrected chi connectivity index (χ2v) is 3.76. The van der Waals surface area contributed by atoms with Gasteiger partial charge in [0.2, 0.25) is 5.91 Å². The molecule has 0 spiro atoms. The summed E-state index contributed by atoms with van der Waals surface area (Å²) in [5.41, 5.74) is 1.41. The second kappa shape index (κ2) is 6.23. The Morgan fingerprint density at radius 1 is 1.27 bits per heavy atom. The Morgan fingerprint density at radius 2 is 1.93 bits per heavy atom. The molecular formula is C13H19NO. The lowest BCUT2D eigenvalue weighted by Gasteiger charge is -2.03. The summed E-state index contributed by atoms with van der Waals surface area (Å²) in [6.45, 7) is 3.12. The Hall–Kier alpha value is -1.31. The first-order chi connectivity index (χ1) is 7.24. The van der Waals surface area contributed by atoms with E-state index >= 15 is 0 Å². The van der Waals surface area contributed by atoms with Crippen molar-refractivity contribution in [1.29, 1.82) is 0 Å². The van der Waals surface area contributed by atoms with Crippen LogP contribution in [0.5, 0.6) is 0 Å². The quantitative estimate of drug-likeness (QED) is 0.689. The van der Waals surface area contributed by atoms with Crippen LogP contribution in [0.3, 0.4) is 0 Å². The number of carbonyl (C=O) groups excluding carboxylic acids is 1. The molecule has 0 bridgehead atoms. The van der Waals surface area contributed by atoms with Crippen LogP contribution >= 0.6 is 0 Å². The van der Waals surface area contributed by atoms with Gasteiger partial charge in [-0.25, -0.2) is 0 Å². The first kappa shape index (κ1) is 11.8. The van der Waals surface area contributed by atoms with Crippen LogP contribution in [0, 0.1) is 0 Å². The summed E-state index contributed by atoms with van der Waals surface area (Å²) in [7, 11) is 1.84. The molecule has 1 aliphatic heterocycles.